The largest absolute Gasteiger partial charge is 0.384 e. The zero-order valence-corrected chi connectivity index (χ0v) is 12.8. The molecule has 0 amide bonds. The zero-order valence-electron chi connectivity index (χ0n) is 12.8. The van der Waals surface area contributed by atoms with Crippen LogP contribution in [0.15, 0.2) is 18.2 Å². The number of nitrogen functional groups attached to an aromatic ring is 1. The molecule has 3 nitrogen and oxygen atoms in total. The van der Waals surface area contributed by atoms with Crippen molar-refractivity contribution in [1.82, 2.24) is 0 Å². The van der Waals surface area contributed by atoms with Gasteiger partial charge in [0.05, 0.1) is 5.69 Å². The molecule has 1 aromatic carbocycles. The molecule has 1 aromatic rings. The fraction of sp³-hybridized carbons (Fsp3) is 0.588. The van der Waals surface area contributed by atoms with E-state index in [-0.39, 0.29) is 5.84 Å². The summed E-state index contributed by atoms with van der Waals surface area (Å²) in [4.78, 5) is 2.45. The molecule has 20 heavy (non-hydrogen) atoms. The van der Waals surface area contributed by atoms with Crippen molar-refractivity contribution < 1.29 is 0 Å². The first kappa shape index (κ1) is 14.9. The van der Waals surface area contributed by atoms with E-state index < -0.39 is 0 Å². The summed E-state index contributed by atoms with van der Waals surface area (Å²) in [6, 6.07) is 6.09. The molecule has 0 radical (unpaired) electrons. The first-order valence-electron chi connectivity index (χ1n) is 7.82. The second kappa shape index (κ2) is 6.78. The molecule has 0 bridgehead atoms. The van der Waals surface area contributed by atoms with Crippen LogP contribution in [0.2, 0.25) is 0 Å². The minimum absolute atomic E-state index is 0.179. The number of nitrogens with two attached hydrogens (primary N) is 1. The molecule has 110 valence electrons. The van der Waals surface area contributed by atoms with Crippen LogP contribution < -0.4 is 10.6 Å². The number of nitrogens with one attached hydrogen (secondary N) is 1. The maximum atomic E-state index is 7.80. The molecule has 1 unspecified atom stereocenters. The third-order valence-corrected chi connectivity index (χ3v) is 4.39. The van der Waals surface area contributed by atoms with Crippen LogP contribution in [0.4, 0.5) is 5.69 Å². The van der Waals surface area contributed by atoms with Crippen molar-refractivity contribution in [2.75, 3.05) is 18.0 Å². The molecular weight excluding hydrogens is 246 g/mol. The van der Waals surface area contributed by atoms with Crippen LogP contribution in [0.5, 0.6) is 0 Å². The Morgan fingerprint density at radius 1 is 1.35 bits per heavy atom. The Kier molecular flexibility index (Phi) is 5.05. The van der Waals surface area contributed by atoms with Gasteiger partial charge in [0, 0.05) is 18.7 Å². The Labute approximate surface area is 122 Å². The van der Waals surface area contributed by atoms with Gasteiger partial charge in [0.2, 0.25) is 0 Å². The zero-order chi connectivity index (χ0) is 14.5. The smallest absolute Gasteiger partial charge is 0.124 e. The molecule has 3 heteroatoms. The molecule has 0 aliphatic carbocycles. The van der Waals surface area contributed by atoms with Crippen LogP contribution in [0.25, 0.3) is 0 Å². The first-order chi connectivity index (χ1) is 9.63. The summed E-state index contributed by atoms with van der Waals surface area (Å²) in [5.41, 5.74) is 9.06. The summed E-state index contributed by atoms with van der Waals surface area (Å²) in [6.45, 7) is 6.58. The average molecular weight is 273 g/mol. The SMILES string of the molecule is CCCC1CCCN(c2c(C)cccc2C(=N)N)CC1. The van der Waals surface area contributed by atoms with E-state index in [2.05, 4.69) is 24.8 Å². The predicted octanol–water partition coefficient (Wildman–Crippen LogP) is 3.69. The van der Waals surface area contributed by atoms with Gasteiger partial charge in [-0.05, 0) is 43.7 Å². The lowest BCUT2D eigenvalue weighted by molar-refractivity contribution is 0.435. The highest BCUT2D eigenvalue weighted by atomic mass is 15.1. The van der Waals surface area contributed by atoms with Crippen LogP contribution in [0, 0.1) is 18.3 Å². The fourth-order valence-corrected chi connectivity index (χ4v) is 3.38. The summed E-state index contributed by atoms with van der Waals surface area (Å²) in [5.74, 6) is 1.05. The molecule has 1 aliphatic heterocycles. The number of nitrogens with zero attached hydrogens (tertiary/aromatic N) is 1. The van der Waals surface area contributed by atoms with Gasteiger partial charge < -0.3 is 10.6 Å². The highest BCUT2D eigenvalue weighted by Crippen LogP contribution is 2.30. The van der Waals surface area contributed by atoms with Crippen molar-refractivity contribution in [3.63, 3.8) is 0 Å². The normalized spacial score (nSPS) is 19.7. The minimum atomic E-state index is 0.179. The molecule has 2 rings (SSSR count). The highest BCUT2D eigenvalue weighted by Gasteiger charge is 2.20. The molecule has 0 saturated carbocycles. The van der Waals surface area contributed by atoms with Gasteiger partial charge in [0.15, 0.2) is 0 Å². The molecule has 0 spiro atoms. The van der Waals surface area contributed by atoms with Crippen LogP contribution in [0.1, 0.15) is 50.2 Å². The Balaban J connectivity index is 2.21. The summed E-state index contributed by atoms with van der Waals surface area (Å²) in [7, 11) is 0. The number of rotatable bonds is 4. The number of amidine groups is 1. The lowest BCUT2D eigenvalue weighted by Crippen LogP contribution is -2.28. The number of hydrogen-bond donors (Lipinski definition) is 2. The van der Waals surface area contributed by atoms with Gasteiger partial charge in [-0.3, -0.25) is 5.41 Å². The quantitative estimate of drug-likeness (QED) is 0.649. The Morgan fingerprint density at radius 2 is 2.15 bits per heavy atom. The first-order valence-corrected chi connectivity index (χ1v) is 7.82. The van der Waals surface area contributed by atoms with Crippen LogP contribution >= 0.6 is 0 Å². The minimum Gasteiger partial charge on any atom is -0.384 e. The van der Waals surface area contributed by atoms with Crippen molar-refractivity contribution >= 4 is 11.5 Å². The summed E-state index contributed by atoms with van der Waals surface area (Å²) >= 11 is 0. The summed E-state index contributed by atoms with van der Waals surface area (Å²) in [5, 5.41) is 7.80. The number of benzene rings is 1. The van der Waals surface area contributed by atoms with Crippen LogP contribution in [-0.4, -0.2) is 18.9 Å². The Morgan fingerprint density at radius 3 is 2.85 bits per heavy atom. The van der Waals surface area contributed by atoms with Crippen molar-refractivity contribution in [1.29, 1.82) is 5.41 Å². The number of aryl methyl sites for hydroxylation is 1. The van der Waals surface area contributed by atoms with Crippen molar-refractivity contribution in [2.45, 2.75) is 46.0 Å². The molecular formula is C17H27N3. The Bertz CT molecular complexity index is 467. The standard InChI is InChI=1S/C17H27N3/c1-3-6-14-8-5-11-20(12-10-14)16-13(2)7-4-9-15(16)17(18)19/h4,7,9,14H,3,5-6,8,10-12H2,1-2H3,(H3,18,19). The van der Waals surface area contributed by atoms with E-state index in [0.717, 1.165) is 24.6 Å². The number of hydrogen-bond acceptors (Lipinski definition) is 2. The second-order valence-electron chi connectivity index (χ2n) is 5.96. The van der Waals surface area contributed by atoms with E-state index in [9.17, 15) is 0 Å². The van der Waals surface area contributed by atoms with E-state index in [0.29, 0.717) is 0 Å². The second-order valence-corrected chi connectivity index (χ2v) is 5.96. The van der Waals surface area contributed by atoms with E-state index in [1.165, 1.54) is 43.4 Å². The fourth-order valence-electron chi connectivity index (χ4n) is 3.38. The molecule has 1 atom stereocenters. The van der Waals surface area contributed by atoms with Crippen molar-refractivity contribution in [2.24, 2.45) is 11.7 Å². The Hall–Kier alpha value is -1.51. The maximum absolute atomic E-state index is 7.80. The molecule has 0 aromatic heterocycles. The van der Waals surface area contributed by atoms with Gasteiger partial charge in [-0.25, -0.2) is 0 Å². The maximum Gasteiger partial charge on any atom is 0.124 e. The van der Waals surface area contributed by atoms with Crippen molar-refractivity contribution in [3.8, 4) is 0 Å². The number of para-hydroxylation sites is 1. The molecule has 1 fully saturated rings. The third kappa shape index (κ3) is 3.33. The van der Waals surface area contributed by atoms with E-state index in [1.807, 2.05) is 12.1 Å². The molecule has 1 saturated heterocycles. The van der Waals surface area contributed by atoms with Gasteiger partial charge in [0.25, 0.3) is 0 Å². The van der Waals surface area contributed by atoms with Crippen molar-refractivity contribution in [3.05, 3.63) is 29.3 Å². The number of anilines is 1. The topological polar surface area (TPSA) is 53.1 Å². The van der Waals surface area contributed by atoms with Crippen LogP contribution in [0.3, 0.4) is 0 Å². The highest BCUT2D eigenvalue weighted by molar-refractivity contribution is 6.01. The molecule has 1 aliphatic rings. The van der Waals surface area contributed by atoms with Gasteiger partial charge in [-0.2, -0.15) is 0 Å². The lowest BCUT2D eigenvalue weighted by atomic mass is 9.96. The molecule has 3 N–H and O–H groups in total. The van der Waals surface area contributed by atoms with E-state index in [1.54, 1.807) is 0 Å². The van der Waals surface area contributed by atoms with E-state index in [4.69, 9.17) is 11.1 Å². The van der Waals surface area contributed by atoms with Gasteiger partial charge in [-0.1, -0.05) is 31.9 Å². The third-order valence-electron chi connectivity index (χ3n) is 4.39. The summed E-state index contributed by atoms with van der Waals surface area (Å²) < 4.78 is 0. The van der Waals surface area contributed by atoms with Crippen LogP contribution in [-0.2, 0) is 0 Å². The van der Waals surface area contributed by atoms with Gasteiger partial charge >= 0.3 is 0 Å². The summed E-state index contributed by atoms with van der Waals surface area (Å²) in [6.07, 6.45) is 6.48. The lowest BCUT2D eigenvalue weighted by Gasteiger charge is -2.27. The molecule has 1 heterocycles. The van der Waals surface area contributed by atoms with Gasteiger partial charge in [0.1, 0.15) is 5.84 Å². The average Bonchev–Trinajstić information content (AvgIpc) is 2.64. The van der Waals surface area contributed by atoms with E-state index >= 15 is 0 Å². The van der Waals surface area contributed by atoms with Gasteiger partial charge in [-0.15, -0.1) is 0 Å². The predicted molar refractivity (Wildman–Crippen MR) is 86.7 cm³/mol. The monoisotopic (exact) mass is 273 g/mol.